The van der Waals surface area contributed by atoms with Gasteiger partial charge in [-0.3, -0.25) is 4.79 Å². The summed E-state index contributed by atoms with van der Waals surface area (Å²) in [6.45, 7) is 14.9. The van der Waals surface area contributed by atoms with E-state index in [9.17, 15) is 9.59 Å². The summed E-state index contributed by atoms with van der Waals surface area (Å²) in [6, 6.07) is 9.06. The van der Waals surface area contributed by atoms with Gasteiger partial charge in [0.1, 0.15) is 16.9 Å². The minimum atomic E-state index is -0.588. The van der Waals surface area contributed by atoms with Gasteiger partial charge in [0.2, 0.25) is 5.88 Å². The van der Waals surface area contributed by atoms with Crippen LogP contribution in [-0.4, -0.2) is 34.0 Å². The Morgan fingerprint density at radius 1 is 1.09 bits per heavy atom. The van der Waals surface area contributed by atoms with Crippen molar-refractivity contribution < 1.29 is 19.1 Å². The number of benzene rings is 1. The lowest BCUT2D eigenvalue weighted by Gasteiger charge is -2.28. The van der Waals surface area contributed by atoms with Crippen LogP contribution in [0.5, 0.6) is 11.6 Å². The predicted molar refractivity (Wildman–Crippen MR) is 129 cm³/mol. The minimum Gasteiger partial charge on any atom is -0.444 e. The van der Waals surface area contributed by atoms with Crippen LogP contribution in [-0.2, 0) is 11.3 Å². The molecule has 1 aromatic heterocycles. The molecule has 2 N–H and O–H groups in total. The Morgan fingerprint density at radius 3 is 2.24 bits per heavy atom. The van der Waals surface area contributed by atoms with Crippen LogP contribution in [0.3, 0.4) is 0 Å². The molecule has 2 rings (SSSR count). The molecule has 7 heteroatoms. The number of primary amides is 1. The molecular weight excluding hydrogens is 418 g/mol. The van der Waals surface area contributed by atoms with Crippen LogP contribution in [0.15, 0.2) is 36.5 Å². The van der Waals surface area contributed by atoms with Gasteiger partial charge in [-0.15, -0.1) is 0 Å². The Labute approximate surface area is 197 Å². The third-order valence-corrected chi connectivity index (χ3v) is 4.94. The number of pyridine rings is 1. The molecular formula is C26H37N3O4. The van der Waals surface area contributed by atoms with Crippen molar-refractivity contribution in [3.8, 4) is 11.6 Å². The molecule has 0 fully saturated rings. The molecule has 2 amide bonds. The molecule has 0 unspecified atom stereocenters. The van der Waals surface area contributed by atoms with Crippen molar-refractivity contribution in [1.82, 2.24) is 9.88 Å². The SMILES string of the molecule is CC(C)CCN(Cc1ccc(Oc2ncc(C(C)C)cc2C(N)=O)cc1)C(=O)OC(C)(C)C. The molecule has 0 aliphatic rings. The standard InChI is InChI=1S/C26H37N3O4/c1-17(2)12-13-29(25(31)33-26(5,6)7)16-19-8-10-21(11-9-19)32-24-22(23(27)30)14-20(15-28-24)18(3)4/h8-11,14-15,17-18H,12-13,16H2,1-7H3,(H2,27,30). The molecule has 0 bridgehead atoms. The average Bonchev–Trinajstić information content (AvgIpc) is 2.70. The van der Waals surface area contributed by atoms with Gasteiger partial charge in [0.05, 0.1) is 0 Å². The molecule has 1 heterocycles. The van der Waals surface area contributed by atoms with Crippen LogP contribution < -0.4 is 10.5 Å². The maximum Gasteiger partial charge on any atom is 0.410 e. The third-order valence-electron chi connectivity index (χ3n) is 4.94. The molecule has 0 saturated carbocycles. The monoisotopic (exact) mass is 455 g/mol. The Kier molecular flexibility index (Phi) is 8.85. The third kappa shape index (κ3) is 8.40. The highest BCUT2D eigenvalue weighted by molar-refractivity contribution is 5.95. The van der Waals surface area contributed by atoms with Crippen molar-refractivity contribution in [3.63, 3.8) is 0 Å². The Bertz CT molecular complexity index is 947. The summed E-state index contributed by atoms with van der Waals surface area (Å²) in [6.07, 6.45) is 2.24. The molecule has 33 heavy (non-hydrogen) atoms. The van der Waals surface area contributed by atoms with E-state index in [1.54, 1.807) is 29.3 Å². The van der Waals surface area contributed by atoms with E-state index < -0.39 is 11.5 Å². The molecule has 0 radical (unpaired) electrons. The summed E-state index contributed by atoms with van der Waals surface area (Å²) >= 11 is 0. The fourth-order valence-electron chi connectivity index (χ4n) is 3.01. The molecule has 0 atom stereocenters. The van der Waals surface area contributed by atoms with Crippen molar-refractivity contribution in [2.24, 2.45) is 11.7 Å². The number of nitrogens with two attached hydrogens (primary N) is 1. The molecule has 0 saturated heterocycles. The summed E-state index contributed by atoms with van der Waals surface area (Å²) in [7, 11) is 0. The second-order valence-electron chi connectivity index (χ2n) is 9.97. The van der Waals surface area contributed by atoms with E-state index in [0.717, 1.165) is 17.5 Å². The van der Waals surface area contributed by atoms with Gasteiger partial charge in [0, 0.05) is 19.3 Å². The van der Waals surface area contributed by atoms with Crippen molar-refractivity contribution in [2.75, 3.05) is 6.54 Å². The summed E-state index contributed by atoms with van der Waals surface area (Å²) in [5.74, 6) is 0.797. The van der Waals surface area contributed by atoms with Crippen molar-refractivity contribution >= 4 is 12.0 Å². The number of aromatic nitrogens is 1. The number of nitrogens with zero attached hydrogens (tertiary/aromatic N) is 2. The number of ether oxygens (including phenoxy) is 2. The molecule has 7 nitrogen and oxygen atoms in total. The first-order valence-electron chi connectivity index (χ1n) is 11.4. The van der Waals surface area contributed by atoms with Gasteiger partial charge in [-0.25, -0.2) is 9.78 Å². The van der Waals surface area contributed by atoms with E-state index >= 15 is 0 Å². The zero-order valence-corrected chi connectivity index (χ0v) is 20.8. The van der Waals surface area contributed by atoms with Gasteiger partial charge in [0.15, 0.2) is 0 Å². The smallest absolute Gasteiger partial charge is 0.410 e. The zero-order chi connectivity index (χ0) is 24.8. The topological polar surface area (TPSA) is 94.7 Å². The number of amides is 2. The van der Waals surface area contributed by atoms with Gasteiger partial charge in [-0.05, 0) is 68.4 Å². The normalized spacial score (nSPS) is 11.5. The zero-order valence-electron chi connectivity index (χ0n) is 20.8. The predicted octanol–water partition coefficient (Wildman–Crippen LogP) is 5.88. The van der Waals surface area contributed by atoms with E-state index in [-0.39, 0.29) is 23.5 Å². The van der Waals surface area contributed by atoms with Crippen LogP contribution in [0.25, 0.3) is 0 Å². The van der Waals surface area contributed by atoms with E-state index in [4.69, 9.17) is 15.2 Å². The largest absolute Gasteiger partial charge is 0.444 e. The maximum absolute atomic E-state index is 12.7. The van der Waals surface area contributed by atoms with Crippen LogP contribution in [0, 0.1) is 5.92 Å². The lowest BCUT2D eigenvalue weighted by atomic mass is 10.0. The van der Waals surface area contributed by atoms with E-state index in [1.807, 2.05) is 46.8 Å². The van der Waals surface area contributed by atoms with Gasteiger partial charge in [0.25, 0.3) is 5.91 Å². The first-order chi connectivity index (χ1) is 15.4. The Morgan fingerprint density at radius 2 is 1.73 bits per heavy atom. The van der Waals surface area contributed by atoms with Crippen molar-refractivity contribution in [1.29, 1.82) is 0 Å². The van der Waals surface area contributed by atoms with Crippen LogP contribution in [0.4, 0.5) is 4.79 Å². The number of carbonyl (C=O) groups is 2. The second kappa shape index (κ2) is 11.2. The summed E-state index contributed by atoms with van der Waals surface area (Å²) < 4.78 is 11.4. The van der Waals surface area contributed by atoms with Crippen LogP contribution in [0.2, 0.25) is 0 Å². The summed E-state index contributed by atoms with van der Waals surface area (Å²) in [5, 5.41) is 0. The molecule has 0 spiro atoms. The number of rotatable bonds is 9. The molecule has 0 aliphatic carbocycles. The highest BCUT2D eigenvalue weighted by atomic mass is 16.6. The van der Waals surface area contributed by atoms with Gasteiger partial charge in [-0.1, -0.05) is 39.8 Å². The van der Waals surface area contributed by atoms with Crippen molar-refractivity contribution in [2.45, 2.75) is 73.0 Å². The van der Waals surface area contributed by atoms with E-state index in [0.29, 0.717) is 24.8 Å². The number of hydrogen-bond donors (Lipinski definition) is 1. The maximum atomic E-state index is 12.7. The molecule has 2 aromatic rings. The van der Waals surface area contributed by atoms with Gasteiger partial charge < -0.3 is 20.1 Å². The Balaban J connectivity index is 2.16. The quantitative estimate of drug-likeness (QED) is 0.509. The molecule has 0 aliphatic heterocycles. The number of carbonyl (C=O) groups excluding carboxylic acids is 2. The minimum absolute atomic E-state index is 0.173. The highest BCUT2D eigenvalue weighted by Gasteiger charge is 2.22. The second-order valence-corrected chi connectivity index (χ2v) is 9.97. The summed E-state index contributed by atoms with van der Waals surface area (Å²) in [4.78, 5) is 30.6. The van der Waals surface area contributed by atoms with Crippen molar-refractivity contribution in [3.05, 3.63) is 53.2 Å². The lowest BCUT2D eigenvalue weighted by Crippen LogP contribution is -2.37. The molecule has 180 valence electrons. The summed E-state index contributed by atoms with van der Waals surface area (Å²) in [5.41, 5.74) is 7.07. The first-order valence-corrected chi connectivity index (χ1v) is 11.4. The van der Waals surface area contributed by atoms with Gasteiger partial charge in [-0.2, -0.15) is 0 Å². The first kappa shape index (κ1) is 26.2. The van der Waals surface area contributed by atoms with E-state index in [2.05, 4.69) is 18.8 Å². The van der Waals surface area contributed by atoms with Crippen LogP contribution >= 0.6 is 0 Å². The average molecular weight is 456 g/mol. The van der Waals surface area contributed by atoms with Gasteiger partial charge >= 0.3 is 6.09 Å². The fourth-order valence-corrected chi connectivity index (χ4v) is 3.01. The highest BCUT2D eigenvalue weighted by Crippen LogP contribution is 2.26. The Hall–Kier alpha value is -3.09. The van der Waals surface area contributed by atoms with Crippen LogP contribution in [0.1, 0.15) is 82.3 Å². The fraction of sp³-hybridized carbons (Fsp3) is 0.500. The van der Waals surface area contributed by atoms with E-state index in [1.165, 1.54) is 0 Å². The lowest BCUT2D eigenvalue weighted by molar-refractivity contribution is 0.0225. The number of hydrogen-bond acceptors (Lipinski definition) is 5. The molecule has 1 aromatic carbocycles.